The van der Waals surface area contributed by atoms with Gasteiger partial charge in [-0.3, -0.25) is 9.78 Å². The summed E-state index contributed by atoms with van der Waals surface area (Å²) in [5.74, 6) is -3.49. The number of rotatable bonds is 3. The van der Waals surface area contributed by atoms with Crippen LogP contribution in [0.5, 0.6) is 0 Å². The van der Waals surface area contributed by atoms with E-state index in [0.29, 0.717) is 5.69 Å². The summed E-state index contributed by atoms with van der Waals surface area (Å²) in [5, 5.41) is 0. The molecule has 2 aliphatic rings. The van der Waals surface area contributed by atoms with Crippen LogP contribution in [0.25, 0.3) is 11.3 Å². The van der Waals surface area contributed by atoms with E-state index in [-0.39, 0.29) is 6.42 Å². The highest BCUT2D eigenvalue weighted by Gasteiger charge is 2.49. The number of aromatic nitrogens is 3. The van der Waals surface area contributed by atoms with Crippen molar-refractivity contribution in [2.24, 2.45) is 0 Å². The Balaban J connectivity index is 1.59. The lowest BCUT2D eigenvalue weighted by Gasteiger charge is -2.33. The minimum absolute atomic E-state index is 0.102. The van der Waals surface area contributed by atoms with E-state index in [1.807, 2.05) is 6.07 Å². The largest absolute Gasteiger partial charge is 0.321 e. The molecule has 1 unspecified atom stereocenters. The lowest BCUT2D eigenvalue weighted by atomic mass is 9.79. The number of nitrogens with zero attached hydrogens (tertiary/aromatic N) is 3. The first kappa shape index (κ1) is 15.4. The Labute approximate surface area is 136 Å². The number of alkyl halides is 3. The number of pyridine rings is 1. The van der Waals surface area contributed by atoms with Crippen LogP contribution in [0.15, 0.2) is 30.9 Å². The molecule has 2 aromatic heterocycles. The van der Waals surface area contributed by atoms with Crippen molar-refractivity contribution in [3.8, 4) is 11.3 Å². The van der Waals surface area contributed by atoms with E-state index in [2.05, 4.69) is 9.97 Å². The Morgan fingerprint density at radius 1 is 1.25 bits per heavy atom. The molecule has 24 heavy (non-hydrogen) atoms. The monoisotopic (exact) mass is 335 g/mol. The third-order valence-corrected chi connectivity index (χ3v) is 5.08. The predicted octanol–water partition coefficient (Wildman–Crippen LogP) is 3.72. The number of Topliss-reactive ketones (excluding diaryl/α,β-unsaturated/α-hetero) is 1. The van der Waals surface area contributed by atoms with Crippen LogP contribution in [0.4, 0.5) is 13.2 Å². The van der Waals surface area contributed by atoms with Crippen LogP contribution < -0.4 is 0 Å². The van der Waals surface area contributed by atoms with E-state index in [1.165, 1.54) is 0 Å². The van der Waals surface area contributed by atoms with Crippen LogP contribution in [0.1, 0.15) is 43.8 Å². The topological polar surface area (TPSA) is 47.8 Å². The van der Waals surface area contributed by atoms with Crippen molar-refractivity contribution in [3.05, 3.63) is 36.5 Å². The molecule has 1 aliphatic heterocycles. The van der Waals surface area contributed by atoms with Gasteiger partial charge in [0, 0.05) is 31.0 Å². The standard InChI is InChI=1S/C17H16F3N3O/c18-16(3-5-17(19,20)6-4-16)14(24)8-12-15-11(2-1-7-22-15)13-9-21-10-23(12)13/h1-2,7,9-10,12H,3-6,8H2. The predicted molar refractivity (Wildman–Crippen MR) is 80.5 cm³/mol. The Kier molecular flexibility index (Phi) is 3.30. The van der Waals surface area contributed by atoms with E-state index in [0.717, 1.165) is 11.3 Å². The van der Waals surface area contributed by atoms with Gasteiger partial charge < -0.3 is 4.57 Å². The van der Waals surface area contributed by atoms with Crippen LogP contribution in [0.2, 0.25) is 0 Å². The molecule has 0 radical (unpaired) electrons. The molecule has 2 aromatic rings. The Bertz CT molecular complexity index is 792. The minimum atomic E-state index is -2.87. The van der Waals surface area contributed by atoms with Crippen LogP contribution >= 0.6 is 0 Å². The number of imidazole rings is 1. The Hall–Kier alpha value is -2.18. The lowest BCUT2D eigenvalue weighted by Crippen LogP contribution is -2.42. The van der Waals surface area contributed by atoms with Crippen molar-refractivity contribution < 1.29 is 18.0 Å². The molecule has 0 bridgehead atoms. The van der Waals surface area contributed by atoms with E-state index < -0.39 is 49.1 Å². The van der Waals surface area contributed by atoms with Gasteiger partial charge >= 0.3 is 0 Å². The Morgan fingerprint density at radius 2 is 2.00 bits per heavy atom. The van der Waals surface area contributed by atoms with Gasteiger partial charge in [0.25, 0.3) is 0 Å². The highest BCUT2D eigenvalue weighted by molar-refractivity contribution is 5.88. The molecule has 1 fully saturated rings. The van der Waals surface area contributed by atoms with Crippen LogP contribution in [0, 0.1) is 0 Å². The van der Waals surface area contributed by atoms with Crippen molar-refractivity contribution in [2.45, 2.75) is 49.7 Å². The maximum Gasteiger partial charge on any atom is 0.248 e. The summed E-state index contributed by atoms with van der Waals surface area (Å²) >= 11 is 0. The van der Waals surface area contributed by atoms with Crippen molar-refractivity contribution >= 4 is 5.78 Å². The van der Waals surface area contributed by atoms with E-state index in [1.54, 1.807) is 29.4 Å². The van der Waals surface area contributed by atoms with Crippen LogP contribution in [-0.2, 0) is 4.79 Å². The average molecular weight is 335 g/mol. The fourth-order valence-electron chi connectivity index (χ4n) is 3.64. The zero-order valence-corrected chi connectivity index (χ0v) is 12.9. The third kappa shape index (κ3) is 2.34. The van der Waals surface area contributed by atoms with Crippen molar-refractivity contribution in [2.75, 3.05) is 0 Å². The lowest BCUT2D eigenvalue weighted by molar-refractivity contribution is -0.140. The number of carbonyl (C=O) groups is 1. The average Bonchev–Trinajstić information content (AvgIpc) is 3.14. The van der Waals surface area contributed by atoms with Crippen molar-refractivity contribution in [3.63, 3.8) is 0 Å². The van der Waals surface area contributed by atoms with E-state index in [9.17, 15) is 18.0 Å². The molecule has 1 aliphatic carbocycles. The highest BCUT2D eigenvalue weighted by atomic mass is 19.3. The number of ketones is 1. The van der Waals surface area contributed by atoms with Crippen molar-refractivity contribution in [1.82, 2.24) is 14.5 Å². The van der Waals surface area contributed by atoms with Gasteiger partial charge in [0.05, 0.1) is 30.0 Å². The van der Waals surface area contributed by atoms with Gasteiger partial charge in [0.15, 0.2) is 11.5 Å². The third-order valence-electron chi connectivity index (χ3n) is 5.08. The maximum atomic E-state index is 14.9. The second-order valence-electron chi connectivity index (χ2n) is 6.59. The van der Waals surface area contributed by atoms with Gasteiger partial charge in [-0.05, 0) is 25.0 Å². The summed E-state index contributed by atoms with van der Waals surface area (Å²) in [7, 11) is 0. The fraction of sp³-hybridized carbons (Fsp3) is 0.471. The minimum Gasteiger partial charge on any atom is -0.321 e. The molecule has 0 aromatic carbocycles. The molecule has 0 saturated heterocycles. The summed E-state index contributed by atoms with van der Waals surface area (Å²) in [6.45, 7) is 0. The molecule has 7 heteroatoms. The first-order valence-corrected chi connectivity index (χ1v) is 7.97. The first-order valence-electron chi connectivity index (χ1n) is 7.97. The molecular formula is C17H16F3N3O. The molecule has 0 N–H and O–H groups in total. The SMILES string of the molecule is O=C(CC1c2ncccc2-c2cncn21)C1(F)CCC(F)(F)CC1. The second kappa shape index (κ2) is 5.16. The number of fused-ring (bicyclic) bond motifs is 3. The van der Waals surface area contributed by atoms with Gasteiger partial charge in [-0.1, -0.05) is 0 Å². The van der Waals surface area contributed by atoms with Gasteiger partial charge in [0.2, 0.25) is 5.92 Å². The number of hydrogen-bond acceptors (Lipinski definition) is 3. The summed E-state index contributed by atoms with van der Waals surface area (Å²) < 4.78 is 43.3. The molecule has 4 nitrogen and oxygen atoms in total. The van der Waals surface area contributed by atoms with Gasteiger partial charge in [0.1, 0.15) is 0 Å². The Morgan fingerprint density at radius 3 is 2.75 bits per heavy atom. The first-order chi connectivity index (χ1) is 11.4. The number of carbonyl (C=O) groups excluding carboxylic acids is 1. The number of hydrogen-bond donors (Lipinski definition) is 0. The van der Waals surface area contributed by atoms with Gasteiger partial charge in [-0.25, -0.2) is 18.2 Å². The van der Waals surface area contributed by atoms with Gasteiger partial charge in [-0.15, -0.1) is 0 Å². The highest BCUT2D eigenvalue weighted by Crippen LogP contribution is 2.44. The zero-order chi connectivity index (χ0) is 16.9. The summed E-state index contributed by atoms with van der Waals surface area (Å²) in [6, 6.07) is 3.24. The van der Waals surface area contributed by atoms with E-state index in [4.69, 9.17) is 0 Å². The quantitative estimate of drug-likeness (QED) is 0.859. The summed E-state index contributed by atoms with van der Waals surface area (Å²) in [6.07, 6.45) is 2.80. The molecule has 0 amide bonds. The van der Waals surface area contributed by atoms with Crippen LogP contribution in [-0.4, -0.2) is 31.9 Å². The van der Waals surface area contributed by atoms with Crippen molar-refractivity contribution in [1.29, 1.82) is 0 Å². The smallest absolute Gasteiger partial charge is 0.248 e. The molecular weight excluding hydrogens is 319 g/mol. The molecule has 0 spiro atoms. The second-order valence-corrected chi connectivity index (χ2v) is 6.59. The molecule has 4 rings (SSSR count). The van der Waals surface area contributed by atoms with E-state index >= 15 is 0 Å². The molecule has 1 atom stereocenters. The van der Waals surface area contributed by atoms with Crippen LogP contribution in [0.3, 0.4) is 0 Å². The maximum absolute atomic E-state index is 14.9. The summed E-state index contributed by atoms with van der Waals surface area (Å²) in [5.41, 5.74) is 0.239. The fourth-order valence-corrected chi connectivity index (χ4v) is 3.64. The zero-order valence-electron chi connectivity index (χ0n) is 12.9. The molecule has 1 saturated carbocycles. The normalized spacial score (nSPS) is 23.5. The summed E-state index contributed by atoms with van der Waals surface area (Å²) in [4.78, 5) is 21.0. The molecule has 126 valence electrons. The molecule has 3 heterocycles. The van der Waals surface area contributed by atoms with Gasteiger partial charge in [-0.2, -0.15) is 0 Å². The number of halogens is 3.